The van der Waals surface area contributed by atoms with Gasteiger partial charge in [0.1, 0.15) is 46.9 Å². The molecule has 0 amide bonds. The summed E-state index contributed by atoms with van der Waals surface area (Å²) < 4.78 is 21.3. The number of aliphatic hydroxyl groups excluding tert-OH is 4. The van der Waals surface area contributed by atoms with Crippen molar-refractivity contribution in [1.82, 2.24) is 0 Å². The van der Waals surface area contributed by atoms with E-state index in [2.05, 4.69) is 0 Å². The largest absolute Gasteiger partial charge is 0.497 e. The molecule has 0 fully saturated rings. The fourth-order valence-electron chi connectivity index (χ4n) is 4.65. The Labute approximate surface area is 217 Å². The van der Waals surface area contributed by atoms with Gasteiger partial charge in [-0.1, -0.05) is 25.5 Å². The van der Waals surface area contributed by atoms with Crippen LogP contribution in [0.4, 0.5) is 0 Å². The monoisotopic (exact) mass is 524 g/mol. The Kier molecular flexibility index (Phi) is 11.0. The van der Waals surface area contributed by atoms with Gasteiger partial charge in [0.25, 0.3) is 0 Å². The molecule has 6 N–H and O–H groups in total. The van der Waals surface area contributed by atoms with Gasteiger partial charge < -0.3 is 49.6 Å². The average Bonchev–Trinajstić information content (AvgIpc) is 2.91. The maximum Gasteiger partial charge on any atom is 0.126 e. The summed E-state index contributed by atoms with van der Waals surface area (Å²) in [4.78, 5) is 0. The molecule has 0 heterocycles. The first-order valence-corrected chi connectivity index (χ1v) is 12.0. The normalized spacial score (nSPS) is 17.2. The summed E-state index contributed by atoms with van der Waals surface area (Å²) in [5, 5.41) is 66.0. The van der Waals surface area contributed by atoms with Gasteiger partial charge in [-0.3, -0.25) is 0 Å². The lowest BCUT2D eigenvalue weighted by atomic mass is 9.71. The highest BCUT2D eigenvalue weighted by Gasteiger charge is 2.54. The Morgan fingerprint density at radius 3 is 1.65 bits per heavy atom. The third-order valence-corrected chi connectivity index (χ3v) is 6.69. The van der Waals surface area contributed by atoms with Crippen molar-refractivity contribution >= 4 is 0 Å². The number of rotatable bonds is 15. The Balaban J connectivity index is 2.60. The number of methoxy groups -OCH3 is 4. The summed E-state index contributed by atoms with van der Waals surface area (Å²) in [6.07, 6.45) is -5.93. The fraction of sp³-hybridized carbons (Fsp3) is 0.556. The zero-order valence-electron chi connectivity index (χ0n) is 22.0. The fourth-order valence-corrected chi connectivity index (χ4v) is 4.65. The van der Waals surface area contributed by atoms with E-state index in [1.807, 2.05) is 0 Å². The molecule has 5 atom stereocenters. The zero-order valence-corrected chi connectivity index (χ0v) is 22.0. The predicted molar refractivity (Wildman–Crippen MR) is 136 cm³/mol. The van der Waals surface area contributed by atoms with Crippen LogP contribution in [0.3, 0.4) is 0 Å². The molecular formula is C27H40O10. The number of ether oxygens (including phenoxy) is 4. The molecule has 208 valence electrons. The van der Waals surface area contributed by atoms with Gasteiger partial charge in [0.15, 0.2) is 0 Å². The van der Waals surface area contributed by atoms with Crippen LogP contribution >= 0.6 is 0 Å². The molecule has 2 rings (SSSR count). The molecule has 0 aromatic heterocycles. The van der Waals surface area contributed by atoms with Gasteiger partial charge in [-0.15, -0.1) is 0 Å². The molecule has 10 nitrogen and oxygen atoms in total. The van der Waals surface area contributed by atoms with Crippen LogP contribution in [0.1, 0.15) is 30.9 Å². The maximum atomic E-state index is 11.8. The Bertz CT molecular complexity index is 999. The van der Waals surface area contributed by atoms with Gasteiger partial charge in [0.2, 0.25) is 0 Å². The van der Waals surface area contributed by atoms with Crippen LogP contribution in [0, 0.1) is 0 Å². The van der Waals surface area contributed by atoms with Crippen LogP contribution in [0.25, 0.3) is 0 Å². The quantitative estimate of drug-likeness (QED) is 0.197. The summed E-state index contributed by atoms with van der Waals surface area (Å²) in [6, 6.07) is 9.74. The zero-order chi connectivity index (χ0) is 27.8. The van der Waals surface area contributed by atoms with Crippen LogP contribution in [0.5, 0.6) is 23.0 Å². The van der Waals surface area contributed by atoms with Crippen LogP contribution in [0.2, 0.25) is 0 Å². The molecule has 2 aromatic rings. The molecule has 2 aromatic carbocycles. The van der Waals surface area contributed by atoms with Gasteiger partial charge in [0, 0.05) is 25.0 Å². The minimum absolute atomic E-state index is 0.0351. The van der Waals surface area contributed by atoms with E-state index >= 15 is 0 Å². The van der Waals surface area contributed by atoms with E-state index in [4.69, 9.17) is 18.9 Å². The van der Waals surface area contributed by atoms with E-state index < -0.39 is 42.5 Å². The molecule has 0 aliphatic rings. The van der Waals surface area contributed by atoms with Crippen LogP contribution in [0.15, 0.2) is 36.4 Å². The molecule has 37 heavy (non-hydrogen) atoms. The van der Waals surface area contributed by atoms with E-state index in [0.717, 1.165) is 0 Å². The van der Waals surface area contributed by atoms with Crippen molar-refractivity contribution < 1.29 is 49.6 Å². The van der Waals surface area contributed by atoms with E-state index in [1.165, 1.54) is 28.4 Å². The van der Waals surface area contributed by atoms with Crippen molar-refractivity contribution in [2.45, 2.75) is 62.1 Å². The minimum Gasteiger partial charge on any atom is -0.497 e. The first-order valence-electron chi connectivity index (χ1n) is 12.0. The predicted octanol–water partition coefficient (Wildman–Crippen LogP) is 0.843. The highest BCUT2D eigenvalue weighted by Crippen LogP contribution is 2.39. The van der Waals surface area contributed by atoms with E-state index in [1.54, 1.807) is 43.3 Å². The topological polar surface area (TPSA) is 158 Å². The number of benzene rings is 2. The molecule has 10 heteroatoms. The number of hydrogen-bond acceptors (Lipinski definition) is 10. The van der Waals surface area contributed by atoms with Crippen LogP contribution in [-0.4, -0.2) is 95.2 Å². The molecule has 0 aliphatic heterocycles. The highest BCUT2D eigenvalue weighted by molar-refractivity contribution is 5.43. The molecule has 0 saturated carbocycles. The third kappa shape index (κ3) is 6.84. The van der Waals surface area contributed by atoms with Crippen LogP contribution in [-0.2, 0) is 12.8 Å². The van der Waals surface area contributed by atoms with Crippen LogP contribution < -0.4 is 18.9 Å². The SMILES string of the molecule is CCCC(O)(Cc1ccc(OC)cc1OC)[C@@H](O)[C@@](O)(Cc1ccc(OC)cc1OC)[C@H](O)[C@@H](O)CO. The van der Waals surface area contributed by atoms with Crippen molar-refractivity contribution in [3.63, 3.8) is 0 Å². The second-order valence-corrected chi connectivity index (χ2v) is 9.15. The average molecular weight is 525 g/mol. The second-order valence-electron chi connectivity index (χ2n) is 9.15. The Morgan fingerprint density at radius 1 is 0.757 bits per heavy atom. The molecule has 0 saturated heterocycles. The van der Waals surface area contributed by atoms with Crippen molar-refractivity contribution in [3.05, 3.63) is 47.5 Å². The lowest BCUT2D eigenvalue weighted by Crippen LogP contribution is -2.66. The first-order chi connectivity index (χ1) is 17.5. The van der Waals surface area contributed by atoms with Gasteiger partial charge in [0.05, 0.1) is 40.6 Å². The Morgan fingerprint density at radius 2 is 1.24 bits per heavy atom. The first kappa shape index (κ1) is 30.6. The lowest BCUT2D eigenvalue weighted by Gasteiger charge is -2.46. The molecule has 0 spiro atoms. The summed E-state index contributed by atoms with van der Waals surface area (Å²) in [5.74, 6) is 1.71. The summed E-state index contributed by atoms with van der Waals surface area (Å²) >= 11 is 0. The number of hydrogen-bond donors (Lipinski definition) is 6. The molecule has 0 aliphatic carbocycles. The van der Waals surface area contributed by atoms with Crippen molar-refractivity contribution in [2.75, 3.05) is 35.0 Å². The molecule has 0 bridgehead atoms. The second kappa shape index (κ2) is 13.3. The van der Waals surface area contributed by atoms with Gasteiger partial charge in [-0.2, -0.15) is 0 Å². The van der Waals surface area contributed by atoms with Crippen molar-refractivity contribution in [3.8, 4) is 23.0 Å². The van der Waals surface area contributed by atoms with Crippen molar-refractivity contribution in [1.29, 1.82) is 0 Å². The standard InChI is InChI=1S/C27H40O10/c1-6-11-26(32,14-17-7-9-19(34-2)12-22(17)36-4)25(31)27(33,24(30)21(29)16-28)15-18-8-10-20(35-3)13-23(18)37-5/h7-10,12-13,21,24-25,28-33H,6,11,14-16H2,1-5H3/t21-,24+,25+,26?,27+/m0/s1. The maximum absolute atomic E-state index is 11.8. The van der Waals surface area contributed by atoms with E-state index in [9.17, 15) is 30.6 Å². The molecule has 1 unspecified atom stereocenters. The van der Waals surface area contributed by atoms with E-state index in [-0.39, 0.29) is 12.8 Å². The van der Waals surface area contributed by atoms with E-state index in [0.29, 0.717) is 40.5 Å². The minimum atomic E-state index is -2.51. The summed E-state index contributed by atoms with van der Waals surface area (Å²) in [5.41, 5.74) is -3.58. The Hall–Kier alpha value is -2.60. The molecular weight excluding hydrogens is 484 g/mol. The summed E-state index contributed by atoms with van der Waals surface area (Å²) in [7, 11) is 5.86. The van der Waals surface area contributed by atoms with Gasteiger partial charge in [-0.25, -0.2) is 0 Å². The number of aliphatic hydroxyl groups is 6. The van der Waals surface area contributed by atoms with Crippen molar-refractivity contribution in [2.24, 2.45) is 0 Å². The van der Waals surface area contributed by atoms with Gasteiger partial charge in [-0.05, 0) is 29.7 Å². The third-order valence-electron chi connectivity index (χ3n) is 6.69. The highest BCUT2D eigenvalue weighted by atomic mass is 16.5. The smallest absolute Gasteiger partial charge is 0.126 e. The van der Waals surface area contributed by atoms with Gasteiger partial charge >= 0.3 is 0 Å². The molecule has 0 radical (unpaired) electrons. The summed E-state index contributed by atoms with van der Waals surface area (Å²) in [6.45, 7) is 0.919. The lowest BCUT2D eigenvalue weighted by molar-refractivity contribution is -0.230.